The summed E-state index contributed by atoms with van der Waals surface area (Å²) in [6, 6.07) is 5.62. The van der Waals surface area contributed by atoms with E-state index in [1.807, 2.05) is 24.4 Å². The fourth-order valence-electron chi connectivity index (χ4n) is 2.27. The first kappa shape index (κ1) is 13.5. The van der Waals surface area contributed by atoms with Crippen LogP contribution in [0.25, 0.3) is 5.69 Å². The van der Waals surface area contributed by atoms with Gasteiger partial charge < -0.3 is 10.0 Å². The van der Waals surface area contributed by atoms with E-state index in [0.717, 1.165) is 21.4 Å². The monoisotopic (exact) mass is 355 g/mol. The number of nitrogens with zero attached hydrogens (tertiary/aromatic N) is 3. The maximum absolute atomic E-state index is 11.0. The first-order valence-corrected chi connectivity index (χ1v) is 7.23. The summed E-state index contributed by atoms with van der Waals surface area (Å²) >= 11 is 9.64. The Morgan fingerprint density at radius 3 is 3.00 bits per heavy atom. The Kier molecular flexibility index (Phi) is 3.43. The minimum atomic E-state index is -0.899. The molecule has 0 radical (unpaired) electrons. The van der Waals surface area contributed by atoms with Gasteiger partial charge >= 0.3 is 6.09 Å². The minimum absolute atomic E-state index is 0.371. The van der Waals surface area contributed by atoms with Gasteiger partial charge in [-0.05, 0) is 28.1 Å². The van der Waals surface area contributed by atoms with Crippen LogP contribution in [0.15, 0.2) is 28.9 Å². The van der Waals surface area contributed by atoms with Gasteiger partial charge in [-0.25, -0.2) is 9.48 Å². The molecule has 0 aliphatic carbocycles. The lowest BCUT2D eigenvalue weighted by Gasteiger charge is -2.22. The maximum atomic E-state index is 11.0. The van der Waals surface area contributed by atoms with Crippen LogP contribution >= 0.6 is 27.5 Å². The van der Waals surface area contributed by atoms with Gasteiger partial charge in [0.15, 0.2) is 0 Å². The van der Waals surface area contributed by atoms with Crippen molar-refractivity contribution >= 4 is 33.6 Å². The number of hydrogen-bond donors (Lipinski definition) is 1. The van der Waals surface area contributed by atoms with Crippen molar-refractivity contribution in [2.75, 3.05) is 6.54 Å². The van der Waals surface area contributed by atoms with Gasteiger partial charge in [0, 0.05) is 29.2 Å². The molecule has 1 aliphatic heterocycles. The van der Waals surface area contributed by atoms with Crippen LogP contribution in [0.2, 0.25) is 5.02 Å². The quantitative estimate of drug-likeness (QED) is 0.852. The van der Waals surface area contributed by atoms with E-state index in [4.69, 9.17) is 16.7 Å². The summed E-state index contributed by atoms with van der Waals surface area (Å²) in [7, 11) is 0. The Hall–Kier alpha value is -1.53. The van der Waals surface area contributed by atoms with Crippen molar-refractivity contribution in [3.63, 3.8) is 0 Å². The van der Waals surface area contributed by atoms with Crippen molar-refractivity contribution in [2.24, 2.45) is 0 Å². The molecule has 0 bridgehead atoms. The number of aromatic nitrogens is 2. The molecule has 7 heteroatoms. The highest BCUT2D eigenvalue weighted by molar-refractivity contribution is 9.10. The second-order valence-corrected chi connectivity index (χ2v) is 5.80. The Morgan fingerprint density at radius 1 is 1.45 bits per heavy atom. The summed E-state index contributed by atoms with van der Waals surface area (Å²) < 4.78 is 2.51. The Bertz CT molecular complexity index is 686. The highest BCUT2D eigenvalue weighted by Gasteiger charge is 2.23. The third-order valence-electron chi connectivity index (χ3n) is 3.31. The molecule has 1 aromatic carbocycles. The summed E-state index contributed by atoms with van der Waals surface area (Å²) in [4.78, 5) is 12.4. The van der Waals surface area contributed by atoms with Crippen LogP contribution in [0.3, 0.4) is 0 Å². The van der Waals surface area contributed by atoms with E-state index in [-0.39, 0.29) is 0 Å². The molecule has 3 rings (SSSR count). The Labute approximate surface area is 128 Å². The average Bonchev–Trinajstić information content (AvgIpc) is 2.84. The second-order valence-electron chi connectivity index (χ2n) is 4.57. The van der Waals surface area contributed by atoms with E-state index in [9.17, 15) is 4.79 Å². The first-order valence-electron chi connectivity index (χ1n) is 6.06. The van der Waals surface area contributed by atoms with Crippen molar-refractivity contribution in [2.45, 2.75) is 13.0 Å². The number of rotatable bonds is 1. The minimum Gasteiger partial charge on any atom is -0.465 e. The number of amides is 1. The van der Waals surface area contributed by atoms with Gasteiger partial charge in [-0.1, -0.05) is 17.7 Å². The van der Waals surface area contributed by atoms with Crippen LogP contribution in [0.4, 0.5) is 4.79 Å². The molecule has 1 N–H and O–H groups in total. The van der Waals surface area contributed by atoms with E-state index in [2.05, 4.69) is 21.0 Å². The zero-order valence-electron chi connectivity index (χ0n) is 10.4. The van der Waals surface area contributed by atoms with Crippen molar-refractivity contribution in [1.29, 1.82) is 0 Å². The molecule has 0 unspecified atom stereocenters. The molecule has 0 saturated carbocycles. The number of carboxylic acid groups (broad SMARTS) is 1. The van der Waals surface area contributed by atoms with Gasteiger partial charge in [0.25, 0.3) is 0 Å². The average molecular weight is 357 g/mol. The van der Waals surface area contributed by atoms with E-state index in [0.29, 0.717) is 24.5 Å². The van der Waals surface area contributed by atoms with Gasteiger partial charge in [0.2, 0.25) is 0 Å². The summed E-state index contributed by atoms with van der Waals surface area (Å²) in [6.07, 6.45) is 1.57. The third-order valence-corrected chi connectivity index (χ3v) is 4.59. The summed E-state index contributed by atoms with van der Waals surface area (Å²) in [5.41, 5.74) is 2.63. The molecule has 104 valence electrons. The number of halogens is 2. The van der Waals surface area contributed by atoms with Gasteiger partial charge in [-0.15, -0.1) is 0 Å². The Balaban J connectivity index is 1.98. The number of carbonyl (C=O) groups is 1. The third kappa shape index (κ3) is 2.29. The molecule has 0 fully saturated rings. The fraction of sp³-hybridized carbons (Fsp3) is 0.231. The van der Waals surface area contributed by atoms with Crippen molar-refractivity contribution < 1.29 is 9.90 Å². The fourth-order valence-corrected chi connectivity index (χ4v) is 2.84. The number of hydrogen-bond acceptors (Lipinski definition) is 2. The molecule has 20 heavy (non-hydrogen) atoms. The first-order chi connectivity index (χ1) is 9.56. The molecule has 1 amide bonds. The van der Waals surface area contributed by atoms with Crippen LogP contribution in [0.1, 0.15) is 11.3 Å². The molecule has 2 heterocycles. The van der Waals surface area contributed by atoms with E-state index in [1.165, 1.54) is 4.90 Å². The number of benzene rings is 1. The lowest BCUT2D eigenvalue weighted by atomic mass is 10.1. The van der Waals surface area contributed by atoms with Crippen molar-refractivity contribution in [3.8, 4) is 5.69 Å². The molecular weight excluding hydrogens is 346 g/mol. The molecule has 1 aliphatic rings. The van der Waals surface area contributed by atoms with Crippen LogP contribution in [-0.2, 0) is 13.0 Å². The lowest BCUT2D eigenvalue weighted by molar-refractivity contribution is 0.140. The number of fused-ring (bicyclic) bond motifs is 1. The molecular formula is C13H11BrClN3O2. The maximum Gasteiger partial charge on any atom is 0.407 e. The van der Waals surface area contributed by atoms with Crippen LogP contribution < -0.4 is 0 Å². The largest absolute Gasteiger partial charge is 0.465 e. The topological polar surface area (TPSA) is 58.4 Å². The van der Waals surface area contributed by atoms with Gasteiger partial charge in [-0.3, -0.25) is 0 Å². The molecule has 1 aromatic heterocycles. The Morgan fingerprint density at radius 2 is 2.25 bits per heavy atom. The second kappa shape index (κ2) is 5.10. The van der Waals surface area contributed by atoms with Crippen LogP contribution in [0.5, 0.6) is 0 Å². The normalized spacial score (nSPS) is 14.2. The molecule has 0 spiro atoms. The summed E-state index contributed by atoms with van der Waals surface area (Å²) in [5.74, 6) is 0. The van der Waals surface area contributed by atoms with Crippen molar-refractivity contribution in [3.05, 3.63) is 45.1 Å². The van der Waals surface area contributed by atoms with Gasteiger partial charge in [0.1, 0.15) is 0 Å². The molecule has 5 nitrogen and oxygen atoms in total. The van der Waals surface area contributed by atoms with Gasteiger partial charge in [-0.2, -0.15) is 5.10 Å². The molecule has 0 saturated heterocycles. The summed E-state index contributed by atoms with van der Waals surface area (Å²) in [6.45, 7) is 0.849. The lowest BCUT2D eigenvalue weighted by Crippen LogP contribution is -2.34. The predicted molar refractivity (Wildman–Crippen MR) is 78.4 cm³/mol. The standard InChI is InChI=1S/C13H11BrClN3O2/c14-9-2-1-3-11(12(9)15)18-7-8-6-17(13(19)20)5-4-10(8)16-18/h1-3,7H,4-6H2,(H,19,20). The van der Waals surface area contributed by atoms with Crippen LogP contribution in [0, 0.1) is 0 Å². The SMILES string of the molecule is O=C(O)N1CCc2nn(-c3cccc(Br)c3Cl)cc2C1. The van der Waals surface area contributed by atoms with E-state index < -0.39 is 6.09 Å². The van der Waals surface area contributed by atoms with E-state index in [1.54, 1.807) is 4.68 Å². The summed E-state index contributed by atoms with van der Waals surface area (Å²) in [5, 5.41) is 14.1. The highest BCUT2D eigenvalue weighted by Crippen LogP contribution is 2.29. The predicted octanol–water partition coefficient (Wildman–Crippen LogP) is 3.32. The van der Waals surface area contributed by atoms with Gasteiger partial charge in [0.05, 0.1) is 22.9 Å². The highest BCUT2D eigenvalue weighted by atomic mass is 79.9. The van der Waals surface area contributed by atoms with E-state index >= 15 is 0 Å². The zero-order chi connectivity index (χ0) is 14.3. The smallest absolute Gasteiger partial charge is 0.407 e. The molecule has 0 atom stereocenters. The van der Waals surface area contributed by atoms with Crippen molar-refractivity contribution in [1.82, 2.24) is 14.7 Å². The van der Waals surface area contributed by atoms with Crippen LogP contribution in [-0.4, -0.2) is 32.4 Å². The molecule has 2 aromatic rings. The zero-order valence-corrected chi connectivity index (χ0v) is 12.7.